The van der Waals surface area contributed by atoms with Gasteiger partial charge in [0.15, 0.2) is 0 Å². The third-order valence-corrected chi connectivity index (χ3v) is 3.59. The molecule has 0 atom stereocenters. The molecule has 0 spiro atoms. The molecule has 2 heterocycles. The number of piperazine rings is 1. The Kier molecular flexibility index (Phi) is 2.77. The van der Waals surface area contributed by atoms with Gasteiger partial charge in [0.1, 0.15) is 0 Å². The van der Waals surface area contributed by atoms with E-state index in [0.29, 0.717) is 0 Å². The number of anilines is 1. The fraction of sp³-hybridized carbons (Fsp3) is 0.429. The van der Waals surface area contributed by atoms with E-state index in [2.05, 4.69) is 52.2 Å². The summed E-state index contributed by atoms with van der Waals surface area (Å²) in [7, 11) is 0. The largest absolute Gasteiger partial charge is 0.368 e. The van der Waals surface area contributed by atoms with Crippen molar-refractivity contribution in [3.8, 4) is 0 Å². The summed E-state index contributed by atoms with van der Waals surface area (Å²) in [5, 5.41) is 4.79. The van der Waals surface area contributed by atoms with E-state index in [4.69, 9.17) is 0 Å². The number of aryl methyl sites for hydroxylation is 1. The van der Waals surface area contributed by atoms with E-state index in [1.165, 1.54) is 16.6 Å². The first-order valence-electron chi connectivity index (χ1n) is 6.43. The molecule has 0 aliphatic carbocycles. The van der Waals surface area contributed by atoms with Gasteiger partial charge in [-0.25, -0.2) is 0 Å². The number of hydrogen-bond acceptors (Lipinski definition) is 2. The van der Waals surface area contributed by atoms with Crippen molar-refractivity contribution < 1.29 is 0 Å². The minimum absolute atomic E-state index is 1.04. The molecule has 0 amide bonds. The summed E-state index contributed by atoms with van der Waals surface area (Å²) in [6.45, 7) is 7.62. The Bertz CT molecular complexity index is 509. The summed E-state index contributed by atoms with van der Waals surface area (Å²) in [6.07, 6.45) is 2.19. The number of nitrogens with zero attached hydrogens (tertiary/aromatic N) is 2. The summed E-state index contributed by atoms with van der Waals surface area (Å²) >= 11 is 0. The van der Waals surface area contributed by atoms with E-state index in [-0.39, 0.29) is 0 Å². The average molecular weight is 229 g/mol. The number of fused-ring (bicyclic) bond motifs is 1. The number of rotatable bonds is 2. The molecule has 0 bridgehead atoms. The van der Waals surface area contributed by atoms with Crippen molar-refractivity contribution in [2.75, 3.05) is 31.1 Å². The Labute approximate surface area is 102 Å². The summed E-state index contributed by atoms with van der Waals surface area (Å²) in [6, 6.07) is 8.88. The fourth-order valence-corrected chi connectivity index (χ4v) is 2.66. The Balaban J connectivity index is 2.06. The zero-order valence-electron chi connectivity index (χ0n) is 10.3. The second-order valence-corrected chi connectivity index (χ2v) is 4.55. The first-order valence-corrected chi connectivity index (χ1v) is 6.43. The third kappa shape index (κ3) is 1.80. The number of aromatic nitrogens is 1. The van der Waals surface area contributed by atoms with Gasteiger partial charge in [-0.3, -0.25) is 0 Å². The molecule has 17 heavy (non-hydrogen) atoms. The first-order chi connectivity index (χ1) is 8.40. The van der Waals surface area contributed by atoms with Crippen molar-refractivity contribution in [3.05, 3.63) is 30.5 Å². The lowest BCUT2D eigenvalue weighted by atomic mass is 10.2. The van der Waals surface area contributed by atoms with Gasteiger partial charge in [-0.2, -0.15) is 0 Å². The van der Waals surface area contributed by atoms with Gasteiger partial charge in [0.2, 0.25) is 0 Å². The van der Waals surface area contributed by atoms with E-state index in [9.17, 15) is 0 Å². The van der Waals surface area contributed by atoms with Crippen LogP contribution < -0.4 is 10.2 Å². The Morgan fingerprint density at radius 3 is 2.76 bits per heavy atom. The van der Waals surface area contributed by atoms with Crippen LogP contribution in [0, 0.1) is 0 Å². The maximum atomic E-state index is 3.40. The van der Waals surface area contributed by atoms with Crippen LogP contribution in [0.5, 0.6) is 0 Å². The van der Waals surface area contributed by atoms with Crippen LogP contribution in [0.3, 0.4) is 0 Å². The molecule has 2 aromatic rings. The van der Waals surface area contributed by atoms with E-state index in [1.807, 2.05) is 0 Å². The molecule has 0 saturated carbocycles. The lowest BCUT2D eigenvalue weighted by molar-refractivity contribution is 0.590. The lowest BCUT2D eigenvalue weighted by Gasteiger charge is -2.30. The van der Waals surface area contributed by atoms with E-state index >= 15 is 0 Å². The summed E-state index contributed by atoms with van der Waals surface area (Å²) in [5.41, 5.74) is 2.74. The maximum Gasteiger partial charge on any atom is 0.0501 e. The minimum Gasteiger partial charge on any atom is -0.368 e. The fourth-order valence-electron chi connectivity index (χ4n) is 2.66. The molecule has 1 fully saturated rings. The summed E-state index contributed by atoms with van der Waals surface area (Å²) in [4.78, 5) is 2.48. The number of benzene rings is 1. The zero-order chi connectivity index (χ0) is 11.7. The van der Waals surface area contributed by atoms with E-state index in [1.54, 1.807) is 0 Å². The maximum absolute atomic E-state index is 3.40. The number of nitrogens with one attached hydrogen (secondary N) is 1. The van der Waals surface area contributed by atoms with E-state index in [0.717, 1.165) is 32.7 Å². The highest BCUT2D eigenvalue weighted by molar-refractivity contribution is 5.93. The van der Waals surface area contributed by atoms with Crippen molar-refractivity contribution in [3.63, 3.8) is 0 Å². The number of hydrogen-bond donors (Lipinski definition) is 1. The molecular formula is C14H19N3. The van der Waals surface area contributed by atoms with Gasteiger partial charge in [-0.1, -0.05) is 6.07 Å². The van der Waals surface area contributed by atoms with Crippen LogP contribution in [0.4, 0.5) is 5.69 Å². The first kappa shape index (κ1) is 10.7. The van der Waals surface area contributed by atoms with Crippen LogP contribution in [0.25, 0.3) is 10.9 Å². The molecule has 0 radical (unpaired) electrons. The lowest BCUT2D eigenvalue weighted by Crippen LogP contribution is -2.43. The highest BCUT2D eigenvalue weighted by Gasteiger charge is 2.13. The van der Waals surface area contributed by atoms with Crippen molar-refractivity contribution in [1.82, 2.24) is 9.88 Å². The molecule has 3 rings (SSSR count). The molecule has 1 N–H and O–H groups in total. The summed E-state index contributed by atoms with van der Waals surface area (Å²) < 4.78 is 2.31. The van der Waals surface area contributed by atoms with Gasteiger partial charge < -0.3 is 14.8 Å². The molecule has 90 valence electrons. The van der Waals surface area contributed by atoms with Crippen molar-refractivity contribution >= 4 is 16.6 Å². The zero-order valence-corrected chi connectivity index (χ0v) is 10.3. The monoisotopic (exact) mass is 229 g/mol. The molecule has 1 aliphatic rings. The molecule has 0 unspecified atom stereocenters. The Hall–Kier alpha value is -1.48. The Morgan fingerprint density at radius 2 is 2.00 bits per heavy atom. The van der Waals surface area contributed by atoms with E-state index < -0.39 is 0 Å². The van der Waals surface area contributed by atoms with Crippen LogP contribution in [0.2, 0.25) is 0 Å². The van der Waals surface area contributed by atoms with Gasteiger partial charge >= 0.3 is 0 Å². The van der Waals surface area contributed by atoms with Gasteiger partial charge in [0.05, 0.1) is 5.52 Å². The molecule has 1 aliphatic heterocycles. The van der Waals surface area contributed by atoms with Gasteiger partial charge in [0, 0.05) is 50.0 Å². The van der Waals surface area contributed by atoms with Gasteiger partial charge in [-0.05, 0) is 25.1 Å². The normalized spacial score (nSPS) is 16.6. The molecule has 1 aromatic heterocycles. The van der Waals surface area contributed by atoms with Crippen molar-refractivity contribution in [2.45, 2.75) is 13.5 Å². The predicted molar refractivity (Wildman–Crippen MR) is 72.7 cm³/mol. The minimum atomic E-state index is 1.04. The van der Waals surface area contributed by atoms with Crippen molar-refractivity contribution in [1.29, 1.82) is 0 Å². The van der Waals surface area contributed by atoms with Gasteiger partial charge in [0.25, 0.3) is 0 Å². The van der Waals surface area contributed by atoms with Crippen LogP contribution in [-0.2, 0) is 6.54 Å². The Morgan fingerprint density at radius 1 is 1.18 bits per heavy atom. The molecular weight excluding hydrogens is 210 g/mol. The molecule has 1 saturated heterocycles. The van der Waals surface area contributed by atoms with Crippen LogP contribution >= 0.6 is 0 Å². The molecule has 3 nitrogen and oxygen atoms in total. The third-order valence-electron chi connectivity index (χ3n) is 3.59. The smallest absolute Gasteiger partial charge is 0.0501 e. The van der Waals surface area contributed by atoms with Crippen molar-refractivity contribution in [2.24, 2.45) is 0 Å². The van der Waals surface area contributed by atoms with Crippen LogP contribution in [0.1, 0.15) is 6.92 Å². The summed E-state index contributed by atoms with van der Waals surface area (Å²) in [5.74, 6) is 0. The highest BCUT2D eigenvalue weighted by atomic mass is 15.2. The predicted octanol–water partition coefficient (Wildman–Crippen LogP) is 2.07. The molecule has 3 heteroatoms. The second kappa shape index (κ2) is 4.41. The van der Waals surface area contributed by atoms with Crippen LogP contribution in [-0.4, -0.2) is 30.7 Å². The van der Waals surface area contributed by atoms with Gasteiger partial charge in [-0.15, -0.1) is 0 Å². The van der Waals surface area contributed by atoms with Crippen LogP contribution in [0.15, 0.2) is 30.5 Å². The standard InChI is InChI=1S/C14H19N3/c1-2-16-9-6-12-13(16)4-3-5-14(12)17-10-7-15-8-11-17/h3-6,9,15H,2,7-8,10-11H2,1H3. The SMILES string of the molecule is CCn1ccc2c(N3CCNCC3)cccc21. The molecule has 1 aromatic carbocycles. The highest BCUT2D eigenvalue weighted by Crippen LogP contribution is 2.27. The average Bonchev–Trinajstić information content (AvgIpc) is 2.82. The second-order valence-electron chi connectivity index (χ2n) is 4.55. The quantitative estimate of drug-likeness (QED) is 0.850. The topological polar surface area (TPSA) is 20.2 Å².